The van der Waals surface area contributed by atoms with Crippen molar-refractivity contribution in [3.63, 3.8) is 0 Å². The third-order valence-corrected chi connectivity index (χ3v) is 2.15. The maximum Gasteiger partial charge on any atom is 0.222 e. The first kappa shape index (κ1) is 10.5. The summed E-state index contributed by atoms with van der Waals surface area (Å²) in [6.07, 6.45) is 3.58. The van der Waals surface area contributed by atoms with Crippen molar-refractivity contribution in [1.82, 2.24) is 15.0 Å². The van der Waals surface area contributed by atoms with Gasteiger partial charge in [0.2, 0.25) is 5.95 Å². The first-order valence-electron chi connectivity index (χ1n) is 5.19. The number of aryl methyl sites for hydroxylation is 2. The molecular formula is C12H14N4. The second-order valence-corrected chi connectivity index (χ2v) is 3.71. The maximum absolute atomic E-state index is 4.39. The molecule has 0 aliphatic carbocycles. The second kappa shape index (κ2) is 4.70. The number of nitrogens with one attached hydrogen (secondary N) is 1. The summed E-state index contributed by atoms with van der Waals surface area (Å²) >= 11 is 0. The van der Waals surface area contributed by atoms with E-state index in [0.29, 0.717) is 12.5 Å². The minimum atomic E-state index is 0.633. The van der Waals surface area contributed by atoms with Crippen LogP contribution < -0.4 is 5.32 Å². The molecule has 4 heteroatoms. The first-order valence-corrected chi connectivity index (χ1v) is 5.19. The quantitative estimate of drug-likeness (QED) is 0.850. The summed E-state index contributed by atoms with van der Waals surface area (Å²) < 4.78 is 0. The molecule has 0 aromatic carbocycles. The van der Waals surface area contributed by atoms with Crippen LogP contribution in [0.5, 0.6) is 0 Å². The lowest BCUT2D eigenvalue weighted by molar-refractivity contribution is 0.979. The Labute approximate surface area is 94.8 Å². The zero-order valence-corrected chi connectivity index (χ0v) is 9.44. The second-order valence-electron chi connectivity index (χ2n) is 3.71. The summed E-state index contributed by atoms with van der Waals surface area (Å²) in [5, 5.41) is 3.13. The van der Waals surface area contributed by atoms with Crippen molar-refractivity contribution in [3.05, 3.63) is 47.5 Å². The van der Waals surface area contributed by atoms with Gasteiger partial charge in [-0.2, -0.15) is 0 Å². The monoisotopic (exact) mass is 214 g/mol. The summed E-state index contributed by atoms with van der Waals surface area (Å²) in [6, 6.07) is 5.95. The third kappa shape index (κ3) is 2.76. The number of rotatable bonds is 3. The Hall–Kier alpha value is -1.97. The lowest BCUT2D eigenvalue weighted by Crippen LogP contribution is -2.05. The summed E-state index contributed by atoms with van der Waals surface area (Å²) in [5.74, 6) is 0.633. The molecule has 1 N–H and O–H groups in total. The van der Waals surface area contributed by atoms with Crippen LogP contribution in [0.3, 0.4) is 0 Å². The molecular weight excluding hydrogens is 200 g/mol. The van der Waals surface area contributed by atoms with Gasteiger partial charge < -0.3 is 5.32 Å². The van der Waals surface area contributed by atoms with Crippen LogP contribution in [0.2, 0.25) is 0 Å². The molecule has 4 nitrogen and oxygen atoms in total. The predicted octanol–water partition coefficient (Wildman–Crippen LogP) is 2.10. The molecule has 0 radical (unpaired) electrons. The topological polar surface area (TPSA) is 50.7 Å². The molecule has 0 atom stereocenters. The average molecular weight is 214 g/mol. The van der Waals surface area contributed by atoms with Gasteiger partial charge in [0, 0.05) is 18.1 Å². The van der Waals surface area contributed by atoms with E-state index in [1.165, 1.54) is 0 Å². The molecule has 0 aliphatic heterocycles. The van der Waals surface area contributed by atoms with Crippen LogP contribution in [-0.2, 0) is 6.54 Å². The number of pyridine rings is 1. The summed E-state index contributed by atoms with van der Waals surface area (Å²) in [4.78, 5) is 12.7. The highest BCUT2D eigenvalue weighted by atomic mass is 15.1. The Morgan fingerprint density at radius 1 is 1.12 bits per heavy atom. The lowest BCUT2D eigenvalue weighted by atomic mass is 10.3. The van der Waals surface area contributed by atoms with Gasteiger partial charge in [0.05, 0.1) is 12.2 Å². The highest BCUT2D eigenvalue weighted by molar-refractivity contribution is 5.25. The van der Waals surface area contributed by atoms with Crippen LogP contribution in [0.25, 0.3) is 0 Å². The van der Waals surface area contributed by atoms with Crippen molar-refractivity contribution in [3.8, 4) is 0 Å². The molecule has 2 rings (SSSR count). The molecule has 16 heavy (non-hydrogen) atoms. The summed E-state index contributed by atoms with van der Waals surface area (Å²) in [7, 11) is 0. The minimum absolute atomic E-state index is 0.633. The molecule has 0 amide bonds. The zero-order valence-electron chi connectivity index (χ0n) is 9.44. The molecule has 0 fully saturated rings. The molecule has 0 aliphatic rings. The predicted molar refractivity (Wildman–Crippen MR) is 63.1 cm³/mol. The summed E-state index contributed by atoms with van der Waals surface area (Å²) in [6.45, 7) is 4.59. The minimum Gasteiger partial charge on any atom is -0.349 e. The van der Waals surface area contributed by atoms with Gasteiger partial charge in [-0.05, 0) is 31.5 Å². The fourth-order valence-corrected chi connectivity index (χ4v) is 1.35. The highest BCUT2D eigenvalue weighted by Crippen LogP contribution is 2.03. The van der Waals surface area contributed by atoms with E-state index in [4.69, 9.17) is 0 Å². The number of aromatic nitrogens is 3. The highest BCUT2D eigenvalue weighted by Gasteiger charge is 1.97. The van der Waals surface area contributed by atoms with Crippen LogP contribution in [0.15, 0.2) is 30.6 Å². The van der Waals surface area contributed by atoms with Gasteiger partial charge in [0.25, 0.3) is 0 Å². The van der Waals surface area contributed by atoms with Crippen molar-refractivity contribution in [1.29, 1.82) is 0 Å². The largest absolute Gasteiger partial charge is 0.349 e. The van der Waals surface area contributed by atoms with E-state index >= 15 is 0 Å². The van der Waals surface area contributed by atoms with Gasteiger partial charge >= 0.3 is 0 Å². The van der Waals surface area contributed by atoms with E-state index < -0.39 is 0 Å². The SMILES string of the molecule is Cc1cnc(NCc2cccc(C)n2)nc1. The van der Waals surface area contributed by atoms with E-state index in [9.17, 15) is 0 Å². The molecule has 82 valence electrons. The van der Waals surface area contributed by atoms with Gasteiger partial charge in [-0.1, -0.05) is 6.07 Å². The average Bonchev–Trinajstić information content (AvgIpc) is 2.28. The fraction of sp³-hybridized carbons (Fsp3) is 0.250. The Morgan fingerprint density at radius 2 is 1.88 bits per heavy atom. The van der Waals surface area contributed by atoms with Crippen LogP contribution in [0.4, 0.5) is 5.95 Å². The van der Waals surface area contributed by atoms with E-state index in [1.807, 2.05) is 32.0 Å². The smallest absolute Gasteiger partial charge is 0.222 e. The molecule has 2 aromatic heterocycles. The lowest BCUT2D eigenvalue weighted by Gasteiger charge is -2.04. The van der Waals surface area contributed by atoms with Crippen LogP contribution in [-0.4, -0.2) is 15.0 Å². The molecule has 0 saturated carbocycles. The Morgan fingerprint density at radius 3 is 2.56 bits per heavy atom. The Kier molecular flexibility index (Phi) is 3.10. The number of anilines is 1. The van der Waals surface area contributed by atoms with Gasteiger partial charge in [-0.15, -0.1) is 0 Å². The third-order valence-electron chi connectivity index (χ3n) is 2.15. The molecule has 2 heterocycles. The van der Waals surface area contributed by atoms with Crippen LogP contribution in [0, 0.1) is 13.8 Å². The first-order chi connectivity index (χ1) is 7.74. The van der Waals surface area contributed by atoms with E-state index in [1.54, 1.807) is 12.4 Å². The fourth-order valence-electron chi connectivity index (χ4n) is 1.35. The van der Waals surface area contributed by atoms with E-state index in [0.717, 1.165) is 17.0 Å². The zero-order chi connectivity index (χ0) is 11.4. The Bertz CT molecular complexity index is 465. The molecule has 0 saturated heterocycles. The molecule has 0 unspecified atom stereocenters. The number of nitrogens with zero attached hydrogens (tertiary/aromatic N) is 3. The number of hydrogen-bond acceptors (Lipinski definition) is 4. The summed E-state index contributed by atoms with van der Waals surface area (Å²) in [5.41, 5.74) is 3.06. The normalized spacial score (nSPS) is 10.1. The van der Waals surface area contributed by atoms with Crippen molar-refractivity contribution in [2.75, 3.05) is 5.32 Å². The van der Waals surface area contributed by atoms with E-state index in [-0.39, 0.29) is 0 Å². The van der Waals surface area contributed by atoms with Crippen LogP contribution in [0.1, 0.15) is 17.0 Å². The molecule has 2 aromatic rings. The standard InChI is InChI=1S/C12H14N4/c1-9-6-13-12(14-7-9)15-8-11-5-3-4-10(2)16-11/h3-7H,8H2,1-2H3,(H,13,14,15). The van der Waals surface area contributed by atoms with E-state index in [2.05, 4.69) is 20.3 Å². The van der Waals surface area contributed by atoms with Crippen LogP contribution >= 0.6 is 0 Å². The molecule has 0 spiro atoms. The van der Waals surface area contributed by atoms with Gasteiger partial charge in [0.1, 0.15) is 0 Å². The number of hydrogen-bond donors (Lipinski definition) is 1. The van der Waals surface area contributed by atoms with Gasteiger partial charge in [0.15, 0.2) is 0 Å². The van der Waals surface area contributed by atoms with Gasteiger partial charge in [-0.3, -0.25) is 4.98 Å². The van der Waals surface area contributed by atoms with Gasteiger partial charge in [-0.25, -0.2) is 9.97 Å². The van der Waals surface area contributed by atoms with Crippen molar-refractivity contribution in [2.45, 2.75) is 20.4 Å². The van der Waals surface area contributed by atoms with Crippen molar-refractivity contribution >= 4 is 5.95 Å². The maximum atomic E-state index is 4.39. The molecule has 0 bridgehead atoms. The Balaban J connectivity index is 1.99. The van der Waals surface area contributed by atoms with Crippen molar-refractivity contribution in [2.24, 2.45) is 0 Å². The van der Waals surface area contributed by atoms with Crippen molar-refractivity contribution < 1.29 is 0 Å².